The second-order valence-electron chi connectivity index (χ2n) is 5.16. The summed E-state index contributed by atoms with van der Waals surface area (Å²) in [5.41, 5.74) is 3.06. The molecule has 0 saturated heterocycles. The van der Waals surface area contributed by atoms with E-state index < -0.39 is 6.10 Å². The molecule has 1 unspecified atom stereocenters. The summed E-state index contributed by atoms with van der Waals surface area (Å²) < 4.78 is 4.88. The van der Waals surface area contributed by atoms with Gasteiger partial charge < -0.3 is 20.1 Å². The van der Waals surface area contributed by atoms with Gasteiger partial charge in [0.15, 0.2) is 0 Å². The van der Waals surface area contributed by atoms with Crippen LogP contribution in [0.4, 0.5) is 0 Å². The molecule has 0 aromatic heterocycles. The van der Waals surface area contributed by atoms with Crippen molar-refractivity contribution >= 4 is 5.91 Å². The molecule has 20 heavy (non-hydrogen) atoms. The number of aliphatic hydroxyl groups excluding tert-OH is 1. The first kappa shape index (κ1) is 15.0. The van der Waals surface area contributed by atoms with Crippen LogP contribution in [0, 0.1) is 0 Å². The largest absolute Gasteiger partial charge is 0.389 e. The molecule has 0 radical (unpaired) electrons. The Kier molecular flexibility index (Phi) is 5.11. The molecule has 1 aromatic rings. The van der Waals surface area contributed by atoms with E-state index in [0.29, 0.717) is 0 Å². The standard InChI is InChI=1S/C15H22N2O3/c1-17(9-12(18)10-20-2)15(19)14-5-3-4-11-8-16-7-6-13(11)14/h3-5,12,16,18H,6-10H2,1-2H3. The first-order valence-corrected chi connectivity index (χ1v) is 6.87. The number of likely N-dealkylation sites (N-methyl/N-ethyl adjacent to an activating group) is 1. The second kappa shape index (κ2) is 6.83. The Bertz CT molecular complexity index is 476. The van der Waals surface area contributed by atoms with Crippen molar-refractivity contribution in [1.82, 2.24) is 10.2 Å². The highest BCUT2D eigenvalue weighted by Crippen LogP contribution is 2.20. The zero-order valence-corrected chi connectivity index (χ0v) is 12.1. The molecule has 1 atom stereocenters. The van der Waals surface area contributed by atoms with Gasteiger partial charge in [-0.25, -0.2) is 0 Å². The van der Waals surface area contributed by atoms with E-state index >= 15 is 0 Å². The van der Waals surface area contributed by atoms with Gasteiger partial charge in [0.1, 0.15) is 0 Å². The molecule has 0 spiro atoms. The van der Waals surface area contributed by atoms with E-state index in [1.165, 1.54) is 12.7 Å². The predicted octanol–water partition coefficient (Wildman–Crippen LogP) is 0.412. The molecule has 0 bridgehead atoms. The SMILES string of the molecule is COCC(O)CN(C)C(=O)c1cccc2c1CCNC2. The molecule has 5 heteroatoms. The molecule has 0 saturated carbocycles. The first-order chi connectivity index (χ1) is 9.63. The summed E-state index contributed by atoms with van der Waals surface area (Å²) in [4.78, 5) is 14.1. The lowest BCUT2D eigenvalue weighted by Crippen LogP contribution is -2.37. The van der Waals surface area contributed by atoms with Crippen LogP contribution in [0.5, 0.6) is 0 Å². The van der Waals surface area contributed by atoms with Crippen molar-refractivity contribution in [2.45, 2.75) is 19.1 Å². The number of nitrogens with one attached hydrogen (secondary N) is 1. The van der Waals surface area contributed by atoms with E-state index in [1.54, 1.807) is 11.9 Å². The van der Waals surface area contributed by atoms with Gasteiger partial charge in [0, 0.05) is 32.8 Å². The molecule has 110 valence electrons. The number of hydrogen-bond donors (Lipinski definition) is 2. The maximum atomic E-state index is 12.5. The number of aliphatic hydroxyl groups is 1. The number of ether oxygens (including phenoxy) is 1. The summed E-state index contributed by atoms with van der Waals surface area (Å²) in [5, 5.41) is 13.0. The summed E-state index contributed by atoms with van der Waals surface area (Å²) >= 11 is 0. The molecule has 1 aliphatic rings. The number of carbonyl (C=O) groups is 1. The van der Waals surface area contributed by atoms with Crippen LogP contribution in [0.3, 0.4) is 0 Å². The van der Waals surface area contributed by atoms with Crippen molar-refractivity contribution < 1.29 is 14.6 Å². The van der Waals surface area contributed by atoms with Crippen LogP contribution >= 0.6 is 0 Å². The maximum absolute atomic E-state index is 12.5. The van der Waals surface area contributed by atoms with Crippen LogP contribution in [0.25, 0.3) is 0 Å². The zero-order chi connectivity index (χ0) is 14.5. The van der Waals surface area contributed by atoms with Crippen LogP contribution in [0.2, 0.25) is 0 Å². The second-order valence-corrected chi connectivity index (χ2v) is 5.16. The van der Waals surface area contributed by atoms with Crippen LogP contribution in [-0.4, -0.2) is 55.9 Å². The molecule has 1 amide bonds. The van der Waals surface area contributed by atoms with Gasteiger partial charge in [0.05, 0.1) is 12.7 Å². The Morgan fingerprint density at radius 3 is 3.10 bits per heavy atom. The lowest BCUT2D eigenvalue weighted by atomic mass is 9.95. The Hall–Kier alpha value is -1.43. The topological polar surface area (TPSA) is 61.8 Å². The Morgan fingerprint density at radius 1 is 1.55 bits per heavy atom. The van der Waals surface area contributed by atoms with Crippen LogP contribution in [0.1, 0.15) is 21.5 Å². The zero-order valence-electron chi connectivity index (χ0n) is 12.1. The Balaban J connectivity index is 2.12. The maximum Gasteiger partial charge on any atom is 0.253 e. The van der Waals surface area contributed by atoms with E-state index in [-0.39, 0.29) is 19.1 Å². The number of rotatable bonds is 5. The smallest absolute Gasteiger partial charge is 0.253 e. The summed E-state index contributed by atoms with van der Waals surface area (Å²) in [5.74, 6) is -0.0427. The first-order valence-electron chi connectivity index (χ1n) is 6.87. The van der Waals surface area contributed by atoms with E-state index in [2.05, 4.69) is 11.4 Å². The minimum atomic E-state index is -0.657. The molecule has 1 aliphatic heterocycles. The minimum absolute atomic E-state index is 0.0427. The average molecular weight is 278 g/mol. The molecule has 1 heterocycles. The van der Waals surface area contributed by atoms with Gasteiger partial charge in [-0.1, -0.05) is 12.1 Å². The van der Waals surface area contributed by atoms with Gasteiger partial charge in [-0.15, -0.1) is 0 Å². The third-order valence-corrected chi connectivity index (χ3v) is 3.56. The normalized spacial score (nSPS) is 15.6. The number of nitrogens with zero attached hydrogens (tertiary/aromatic N) is 1. The highest BCUT2D eigenvalue weighted by Gasteiger charge is 2.21. The Labute approximate surface area is 119 Å². The molecule has 1 aromatic carbocycles. The van der Waals surface area contributed by atoms with Crippen LogP contribution < -0.4 is 5.32 Å². The fourth-order valence-corrected chi connectivity index (χ4v) is 2.58. The minimum Gasteiger partial charge on any atom is -0.389 e. The fraction of sp³-hybridized carbons (Fsp3) is 0.533. The van der Waals surface area contributed by atoms with Crippen molar-refractivity contribution in [2.75, 3.05) is 33.9 Å². The third kappa shape index (κ3) is 3.36. The summed E-state index contributed by atoms with van der Waals surface area (Å²) in [7, 11) is 3.24. The molecule has 5 nitrogen and oxygen atoms in total. The molecule has 0 aliphatic carbocycles. The molecule has 2 N–H and O–H groups in total. The van der Waals surface area contributed by atoms with Gasteiger partial charge in [0.25, 0.3) is 5.91 Å². The number of fused-ring (bicyclic) bond motifs is 1. The molecule has 2 rings (SSSR count). The van der Waals surface area contributed by atoms with Gasteiger partial charge in [-0.2, -0.15) is 0 Å². The third-order valence-electron chi connectivity index (χ3n) is 3.56. The molecular weight excluding hydrogens is 256 g/mol. The Morgan fingerprint density at radius 2 is 2.35 bits per heavy atom. The predicted molar refractivity (Wildman–Crippen MR) is 76.7 cm³/mol. The van der Waals surface area contributed by atoms with E-state index in [4.69, 9.17) is 4.74 Å². The lowest BCUT2D eigenvalue weighted by molar-refractivity contribution is 0.0379. The van der Waals surface area contributed by atoms with Crippen molar-refractivity contribution in [1.29, 1.82) is 0 Å². The summed E-state index contributed by atoms with van der Waals surface area (Å²) in [6.07, 6.45) is 0.210. The van der Waals surface area contributed by atoms with Gasteiger partial charge in [-0.3, -0.25) is 4.79 Å². The monoisotopic (exact) mass is 278 g/mol. The van der Waals surface area contributed by atoms with Crippen LogP contribution in [0.15, 0.2) is 18.2 Å². The summed E-state index contributed by atoms with van der Waals surface area (Å²) in [6, 6.07) is 5.84. The van der Waals surface area contributed by atoms with Crippen molar-refractivity contribution in [2.24, 2.45) is 0 Å². The summed E-state index contributed by atoms with van der Waals surface area (Å²) in [6.45, 7) is 2.21. The highest BCUT2D eigenvalue weighted by atomic mass is 16.5. The van der Waals surface area contributed by atoms with Crippen molar-refractivity contribution in [3.05, 3.63) is 34.9 Å². The van der Waals surface area contributed by atoms with Gasteiger partial charge in [0.2, 0.25) is 0 Å². The van der Waals surface area contributed by atoms with E-state index in [1.807, 2.05) is 12.1 Å². The lowest BCUT2D eigenvalue weighted by Gasteiger charge is -2.24. The quantitative estimate of drug-likeness (QED) is 0.819. The number of carbonyl (C=O) groups excluding carboxylic acids is 1. The van der Waals surface area contributed by atoms with Gasteiger partial charge in [-0.05, 0) is 30.2 Å². The fourth-order valence-electron chi connectivity index (χ4n) is 2.58. The number of methoxy groups -OCH3 is 1. The van der Waals surface area contributed by atoms with Crippen molar-refractivity contribution in [3.8, 4) is 0 Å². The molecular formula is C15H22N2O3. The number of amides is 1. The number of hydrogen-bond acceptors (Lipinski definition) is 4. The van der Waals surface area contributed by atoms with E-state index in [0.717, 1.165) is 30.6 Å². The van der Waals surface area contributed by atoms with Crippen molar-refractivity contribution in [3.63, 3.8) is 0 Å². The molecule has 0 fully saturated rings. The highest BCUT2D eigenvalue weighted by molar-refractivity contribution is 5.96. The number of benzene rings is 1. The van der Waals surface area contributed by atoms with E-state index in [9.17, 15) is 9.90 Å². The van der Waals surface area contributed by atoms with Crippen LogP contribution in [-0.2, 0) is 17.7 Å². The van der Waals surface area contributed by atoms with Gasteiger partial charge >= 0.3 is 0 Å². The average Bonchev–Trinajstić information content (AvgIpc) is 2.46.